The fraction of sp³-hybridized carbons (Fsp3) is 0.0270. The van der Waals surface area contributed by atoms with Crippen LogP contribution in [0.5, 0.6) is 0 Å². The summed E-state index contributed by atoms with van der Waals surface area (Å²) >= 11 is 3.50. The van der Waals surface area contributed by atoms with Crippen molar-refractivity contribution < 1.29 is 0 Å². The minimum Gasteiger partial charge on any atom is -0.356 e. The van der Waals surface area contributed by atoms with Crippen molar-refractivity contribution in [3.8, 4) is 22.3 Å². The highest BCUT2D eigenvalue weighted by Crippen LogP contribution is 2.55. The normalized spacial score (nSPS) is 12.9. The van der Waals surface area contributed by atoms with E-state index in [9.17, 15) is 0 Å². The van der Waals surface area contributed by atoms with E-state index in [0.717, 1.165) is 15.8 Å². The van der Waals surface area contributed by atoms with Gasteiger partial charge < -0.3 is 5.32 Å². The minimum absolute atomic E-state index is 0.356. The van der Waals surface area contributed by atoms with Gasteiger partial charge in [0.25, 0.3) is 0 Å². The molecular formula is C37H26BrN. The molecule has 0 atom stereocenters. The molecule has 1 N–H and O–H groups in total. The maximum atomic E-state index is 3.50. The number of fused-ring (bicyclic) bond motifs is 3. The monoisotopic (exact) mass is 563 g/mol. The van der Waals surface area contributed by atoms with Crippen molar-refractivity contribution in [1.82, 2.24) is 0 Å². The predicted molar refractivity (Wildman–Crippen MR) is 167 cm³/mol. The molecular weight excluding hydrogens is 538 g/mol. The minimum atomic E-state index is -0.356. The lowest BCUT2D eigenvalue weighted by atomic mass is 9.67. The first-order valence-electron chi connectivity index (χ1n) is 13.2. The highest BCUT2D eigenvalue weighted by atomic mass is 79.9. The van der Waals surface area contributed by atoms with E-state index in [2.05, 4.69) is 161 Å². The molecule has 186 valence electrons. The molecule has 2 heteroatoms. The average molecular weight is 565 g/mol. The molecule has 0 fully saturated rings. The Morgan fingerprint density at radius 3 is 1.41 bits per heavy atom. The van der Waals surface area contributed by atoms with E-state index in [1.54, 1.807) is 0 Å². The third kappa shape index (κ3) is 4.00. The van der Waals surface area contributed by atoms with Crippen LogP contribution in [-0.4, -0.2) is 0 Å². The van der Waals surface area contributed by atoms with Gasteiger partial charge in [0.1, 0.15) is 0 Å². The van der Waals surface area contributed by atoms with Gasteiger partial charge in [-0.05, 0) is 80.9 Å². The van der Waals surface area contributed by atoms with E-state index in [0.29, 0.717) is 0 Å². The Balaban J connectivity index is 1.29. The Kier molecular flexibility index (Phi) is 5.91. The Morgan fingerprint density at radius 2 is 0.846 bits per heavy atom. The van der Waals surface area contributed by atoms with Crippen LogP contribution >= 0.6 is 15.9 Å². The summed E-state index contributed by atoms with van der Waals surface area (Å²) in [6, 6.07) is 54.7. The van der Waals surface area contributed by atoms with Gasteiger partial charge in [0, 0.05) is 15.8 Å². The number of benzene rings is 6. The van der Waals surface area contributed by atoms with Gasteiger partial charge in [0.2, 0.25) is 0 Å². The first kappa shape index (κ1) is 23.7. The van der Waals surface area contributed by atoms with Crippen molar-refractivity contribution in [3.63, 3.8) is 0 Å². The number of halogens is 1. The molecule has 0 heterocycles. The topological polar surface area (TPSA) is 12.0 Å². The van der Waals surface area contributed by atoms with E-state index in [1.165, 1.54) is 44.5 Å². The summed E-state index contributed by atoms with van der Waals surface area (Å²) in [7, 11) is 0. The molecule has 0 amide bonds. The van der Waals surface area contributed by atoms with E-state index in [-0.39, 0.29) is 5.41 Å². The molecule has 6 aromatic carbocycles. The van der Waals surface area contributed by atoms with Gasteiger partial charge in [-0.25, -0.2) is 0 Å². The summed E-state index contributed by atoms with van der Waals surface area (Å²) in [6.07, 6.45) is 0. The molecule has 1 aliphatic carbocycles. The van der Waals surface area contributed by atoms with E-state index in [1.807, 2.05) is 12.1 Å². The molecule has 0 spiro atoms. The van der Waals surface area contributed by atoms with Crippen LogP contribution in [0.1, 0.15) is 22.3 Å². The first-order valence-corrected chi connectivity index (χ1v) is 14.0. The quantitative estimate of drug-likeness (QED) is 0.219. The number of hydrogen-bond acceptors (Lipinski definition) is 1. The summed E-state index contributed by atoms with van der Waals surface area (Å²) in [5.74, 6) is 0. The van der Waals surface area contributed by atoms with Gasteiger partial charge in [-0.2, -0.15) is 0 Å². The third-order valence-corrected chi connectivity index (χ3v) is 8.36. The van der Waals surface area contributed by atoms with Crippen LogP contribution in [-0.2, 0) is 5.41 Å². The lowest BCUT2D eigenvalue weighted by Gasteiger charge is -2.34. The summed E-state index contributed by atoms with van der Waals surface area (Å²) in [5, 5.41) is 3.48. The summed E-state index contributed by atoms with van der Waals surface area (Å²) in [4.78, 5) is 0. The number of hydrogen-bond donors (Lipinski definition) is 1. The highest BCUT2D eigenvalue weighted by Gasteiger charge is 2.45. The van der Waals surface area contributed by atoms with Gasteiger partial charge >= 0.3 is 0 Å². The molecule has 0 aromatic heterocycles. The molecule has 0 aliphatic heterocycles. The van der Waals surface area contributed by atoms with Gasteiger partial charge in [0.15, 0.2) is 0 Å². The van der Waals surface area contributed by atoms with Crippen LogP contribution in [0.2, 0.25) is 0 Å². The molecule has 0 saturated heterocycles. The highest BCUT2D eigenvalue weighted by molar-refractivity contribution is 9.10. The van der Waals surface area contributed by atoms with Crippen molar-refractivity contribution >= 4 is 27.3 Å². The average Bonchev–Trinajstić information content (AvgIpc) is 3.31. The number of rotatable bonds is 5. The van der Waals surface area contributed by atoms with Crippen LogP contribution in [0.3, 0.4) is 0 Å². The SMILES string of the molecule is Brc1ccc(Nc2ccc(-c3ccc(C4(c5ccccc5)c5ccccc5-c5ccccc54)cc3)cc2)cc1. The van der Waals surface area contributed by atoms with Crippen LogP contribution in [0, 0.1) is 0 Å². The molecule has 7 rings (SSSR count). The molecule has 39 heavy (non-hydrogen) atoms. The van der Waals surface area contributed by atoms with Gasteiger partial charge in [-0.3, -0.25) is 0 Å². The van der Waals surface area contributed by atoms with Crippen LogP contribution < -0.4 is 5.32 Å². The number of nitrogens with one attached hydrogen (secondary N) is 1. The fourth-order valence-electron chi connectivity index (χ4n) is 6.07. The summed E-state index contributed by atoms with van der Waals surface area (Å²) < 4.78 is 1.07. The molecule has 1 aliphatic rings. The second-order valence-corrected chi connectivity index (χ2v) is 10.9. The fourth-order valence-corrected chi connectivity index (χ4v) is 6.33. The van der Waals surface area contributed by atoms with Crippen molar-refractivity contribution in [1.29, 1.82) is 0 Å². The Bertz CT molecular complexity index is 1710. The zero-order chi connectivity index (χ0) is 26.2. The van der Waals surface area contributed by atoms with E-state index < -0.39 is 0 Å². The smallest absolute Gasteiger partial charge is 0.0713 e. The third-order valence-electron chi connectivity index (χ3n) is 7.83. The zero-order valence-corrected chi connectivity index (χ0v) is 22.9. The zero-order valence-electron chi connectivity index (χ0n) is 21.3. The maximum absolute atomic E-state index is 3.50. The Hall–Kier alpha value is -4.40. The van der Waals surface area contributed by atoms with Crippen LogP contribution in [0.15, 0.2) is 156 Å². The molecule has 0 unspecified atom stereocenters. The van der Waals surface area contributed by atoms with Crippen molar-refractivity contribution in [2.45, 2.75) is 5.41 Å². The largest absolute Gasteiger partial charge is 0.356 e. The van der Waals surface area contributed by atoms with Gasteiger partial charge in [-0.1, -0.05) is 131 Å². The Labute approximate surface area is 237 Å². The first-order chi connectivity index (χ1) is 19.2. The van der Waals surface area contributed by atoms with Crippen molar-refractivity contribution in [3.05, 3.63) is 178 Å². The summed E-state index contributed by atoms with van der Waals surface area (Å²) in [6.45, 7) is 0. The van der Waals surface area contributed by atoms with E-state index >= 15 is 0 Å². The molecule has 0 radical (unpaired) electrons. The lowest BCUT2D eigenvalue weighted by molar-refractivity contribution is 0.768. The van der Waals surface area contributed by atoms with E-state index in [4.69, 9.17) is 0 Å². The van der Waals surface area contributed by atoms with Crippen LogP contribution in [0.4, 0.5) is 11.4 Å². The summed E-state index contributed by atoms with van der Waals surface area (Å²) in [5.41, 5.74) is 12.1. The van der Waals surface area contributed by atoms with Crippen molar-refractivity contribution in [2.24, 2.45) is 0 Å². The Morgan fingerprint density at radius 1 is 0.410 bits per heavy atom. The predicted octanol–water partition coefficient (Wildman–Crippen LogP) is 10.2. The molecule has 0 bridgehead atoms. The van der Waals surface area contributed by atoms with Crippen molar-refractivity contribution in [2.75, 3.05) is 5.32 Å². The second-order valence-electron chi connectivity index (χ2n) is 9.99. The maximum Gasteiger partial charge on any atom is 0.0713 e. The lowest BCUT2D eigenvalue weighted by Crippen LogP contribution is -2.28. The molecule has 1 nitrogen and oxygen atoms in total. The van der Waals surface area contributed by atoms with Crippen LogP contribution in [0.25, 0.3) is 22.3 Å². The molecule has 6 aromatic rings. The number of anilines is 2. The van der Waals surface area contributed by atoms with Gasteiger partial charge in [-0.15, -0.1) is 0 Å². The standard InChI is InChI=1S/C37H26BrN/c38-30-20-24-32(25-21-30)39-31-22-16-27(17-23-31)26-14-18-29(19-15-26)37(28-8-2-1-3-9-28)35-12-6-4-10-33(35)34-11-5-7-13-36(34)37/h1-25,39H. The van der Waals surface area contributed by atoms with Gasteiger partial charge in [0.05, 0.1) is 5.41 Å². The second kappa shape index (κ2) is 9.72. The molecule has 0 saturated carbocycles.